The Hall–Kier alpha value is -3.77. The predicted molar refractivity (Wildman–Crippen MR) is 122 cm³/mol. The summed E-state index contributed by atoms with van der Waals surface area (Å²) in [6.07, 6.45) is 0. The number of halogens is 1. The van der Waals surface area contributed by atoms with Gasteiger partial charge in [-0.15, -0.1) is 0 Å². The highest BCUT2D eigenvalue weighted by Crippen LogP contribution is 2.34. The molecule has 7 heteroatoms. The summed E-state index contributed by atoms with van der Waals surface area (Å²) in [5, 5.41) is 1.01. The fraction of sp³-hybridized carbons (Fsp3) is 0.120. The summed E-state index contributed by atoms with van der Waals surface area (Å²) in [5.74, 6) is 0.703. The van der Waals surface area contributed by atoms with Gasteiger partial charge in [0.15, 0.2) is 11.5 Å². The summed E-state index contributed by atoms with van der Waals surface area (Å²) >= 11 is 6.06. The molecule has 1 heterocycles. The lowest BCUT2D eigenvalue weighted by molar-refractivity contribution is 0.0735. The SMILES string of the molecule is COc1ccc(-c2c(C)c3ccc(OC(=O)c4ccccc4Cl)cc3oc2=O)cc1OC. The molecule has 0 unspecified atom stereocenters. The van der Waals surface area contributed by atoms with Gasteiger partial charge in [0.05, 0.1) is 30.4 Å². The number of aryl methyl sites for hydroxylation is 1. The van der Waals surface area contributed by atoms with Crippen LogP contribution in [0.2, 0.25) is 5.02 Å². The van der Waals surface area contributed by atoms with Crippen LogP contribution in [0, 0.1) is 6.92 Å². The van der Waals surface area contributed by atoms with Crippen molar-refractivity contribution in [1.29, 1.82) is 0 Å². The molecule has 6 nitrogen and oxygen atoms in total. The molecule has 0 amide bonds. The second-order valence-electron chi connectivity index (χ2n) is 6.99. The van der Waals surface area contributed by atoms with Gasteiger partial charge in [-0.1, -0.05) is 29.8 Å². The van der Waals surface area contributed by atoms with Gasteiger partial charge in [0.2, 0.25) is 0 Å². The first-order valence-electron chi connectivity index (χ1n) is 9.69. The van der Waals surface area contributed by atoms with Gasteiger partial charge < -0.3 is 18.6 Å². The summed E-state index contributed by atoms with van der Waals surface area (Å²) in [6.45, 7) is 1.83. The molecule has 0 radical (unpaired) electrons. The molecule has 1 aromatic heterocycles. The van der Waals surface area contributed by atoms with Crippen LogP contribution in [0.4, 0.5) is 0 Å². The van der Waals surface area contributed by atoms with Crippen molar-refractivity contribution in [3.8, 4) is 28.4 Å². The van der Waals surface area contributed by atoms with Crippen molar-refractivity contribution in [3.05, 3.63) is 87.2 Å². The van der Waals surface area contributed by atoms with Crippen LogP contribution in [0.3, 0.4) is 0 Å². The van der Waals surface area contributed by atoms with Crippen molar-refractivity contribution in [2.24, 2.45) is 0 Å². The van der Waals surface area contributed by atoms with Gasteiger partial charge in [-0.05, 0) is 54.4 Å². The Morgan fingerprint density at radius 2 is 1.69 bits per heavy atom. The first-order chi connectivity index (χ1) is 15.4. The minimum absolute atomic E-state index is 0.240. The highest BCUT2D eigenvalue weighted by molar-refractivity contribution is 6.33. The molecule has 0 aliphatic carbocycles. The molecule has 4 aromatic rings. The van der Waals surface area contributed by atoms with Gasteiger partial charge in [0, 0.05) is 11.5 Å². The molecule has 32 heavy (non-hydrogen) atoms. The zero-order chi connectivity index (χ0) is 22.8. The molecule has 0 bridgehead atoms. The Morgan fingerprint density at radius 1 is 0.938 bits per heavy atom. The third-order valence-electron chi connectivity index (χ3n) is 5.12. The molecule has 0 aliphatic rings. The van der Waals surface area contributed by atoms with Gasteiger partial charge in [0.25, 0.3) is 0 Å². The Balaban J connectivity index is 1.74. The number of esters is 1. The van der Waals surface area contributed by atoms with Crippen LogP contribution in [0.15, 0.2) is 69.9 Å². The summed E-state index contributed by atoms with van der Waals surface area (Å²) in [5.41, 5.74) is 1.82. The molecule has 0 N–H and O–H groups in total. The number of ether oxygens (including phenoxy) is 3. The molecule has 0 atom stereocenters. The summed E-state index contributed by atoms with van der Waals surface area (Å²) in [4.78, 5) is 25.3. The molecular weight excluding hydrogens is 432 g/mol. The average molecular weight is 451 g/mol. The molecule has 0 spiro atoms. The van der Waals surface area contributed by atoms with E-state index in [2.05, 4.69) is 0 Å². The maximum Gasteiger partial charge on any atom is 0.345 e. The number of carbonyl (C=O) groups excluding carboxylic acids is 1. The fourth-order valence-corrected chi connectivity index (χ4v) is 3.73. The van der Waals surface area contributed by atoms with Gasteiger partial charge in [-0.2, -0.15) is 0 Å². The number of carbonyl (C=O) groups is 1. The summed E-state index contributed by atoms with van der Waals surface area (Å²) in [7, 11) is 3.08. The molecule has 0 aliphatic heterocycles. The topological polar surface area (TPSA) is 75.0 Å². The van der Waals surface area contributed by atoms with E-state index in [9.17, 15) is 9.59 Å². The monoisotopic (exact) mass is 450 g/mol. The van der Waals surface area contributed by atoms with Crippen LogP contribution >= 0.6 is 11.6 Å². The summed E-state index contributed by atoms with van der Waals surface area (Å²) in [6, 6.07) is 16.7. The van der Waals surface area contributed by atoms with Crippen LogP contribution in [-0.4, -0.2) is 20.2 Å². The van der Waals surface area contributed by atoms with E-state index in [1.165, 1.54) is 13.2 Å². The lowest BCUT2D eigenvalue weighted by Crippen LogP contribution is -2.09. The zero-order valence-electron chi connectivity index (χ0n) is 17.6. The van der Waals surface area contributed by atoms with E-state index < -0.39 is 11.6 Å². The number of rotatable bonds is 5. The molecule has 0 saturated carbocycles. The Bertz CT molecular complexity index is 1390. The van der Waals surface area contributed by atoms with E-state index in [1.807, 2.05) is 6.92 Å². The molecule has 3 aromatic carbocycles. The predicted octanol–water partition coefficient (Wildman–Crippen LogP) is 5.66. The van der Waals surface area contributed by atoms with Gasteiger partial charge >= 0.3 is 11.6 Å². The Kier molecular flexibility index (Phi) is 5.88. The van der Waals surface area contributed by atoms with E-state index in [4.69, 9.17) is 30.2 Å². The molecule has 162 valence electrons. The number of fused-ring (bicyclic) bond motifs is 1. The van der Waals surface area contributed by atoms with E-state index in [0.717, 1.165) is 5.56 Å². The van der Waals surface area contributed by atoms with Crippen molar-refractivity contribution >= 4 is 28.5 Å². The maximum absolute atomic E-state index is 12.8. The van der Waals surface area contributed by atoms with Crippen LogP contribution in [-0.2, 0) is 0 Å². The van der Waals surface area contributed by atoms with E-state index in [1.54, 1.807) is 61.7 Å². The van der Waals surface area contributed by atoms with Crippen molar-refractivity contribution in [2.75, 3.05) is 14.2 Å². The van der Waals surface area contributed by atoms with Crippen molar-refractivity contribution in [3.63, 3.8) is 0 Å². The Labute approximate surface area is 188 Å². The second-order valence-corrected chi connectivity index (χ2v) is 7.39. The molecular formula is C25H19ClO6. The summed E-state index contributed by atoms with van der Waals surface area (Å²) < 4.78 is 21.6. The number of benzene rings is 3. The van der Waals surface area contributed by atoms with Gasteiger partial charge in [0.1, 0.15) is 11.3 Å². The van der Waals surface area contributed by atoms with E-state index in [0.29, 0.717) is 38.6 Å². The second kappa shape index (κ2) is 8.77. The molecule has 0 saturated heterocycles. The Morgan fingerprint density at radius 3 is 2.41 bits per heavy atom. The largest absolute Gasteiger partial charge is 0.493 e. The fourth-order valence-electron chi connectivity index (χ4n) is 3.51. The van der Waals surface area contributed by atoms with Crippen molar-refractivity contribution in [2.45, 2.75) is 6.92 Å². The van der Waals surface area contributed by atoms with Crippen LogP contribution in [0.5, 0.6) is 17.2 Å². The maximum atomic E-state index is 12.8. The number of methoxy groups -OCH3 is 2. The highest BCUT2D eigenvalue weighted by atomic mass is 35.5. The minimum atomic E-state index is -0.601. The van der Waals surface area contributed by atoms with Crippen LogP contribution in [0.25, 0.3) is 22.1 Å². The van der Waals surface area contributed by atoms with Crippen LogP contribution in [0.1, 0.15) is 15.9 Å². The van der Waals surface area contributed by atoms with Gasteiger partial charge in [-0.25, -0.2) is 9.59 Å². The normalized spacial score (nSPS) is 10.8. The standard InChI is InChI=1S/C25H19ClO6/c1-14-17-10-9-16(31-24(27)18-6-4-5-7-19(18)26)13-21(17)32-25(28)23(14)15-8-11-20(29-2)22(12-15)30-3/h4-13H,1-3H3. The third-order valence-corrected chi connectivity index (χ3v) is 5.44. The molecule has 4 rings (SSSR count). The third kappa shape index (κ3) is 3.92. The first kappa shape index (κ1) is 21.5. The minimum Gasteiger partial charge on any atom is -0.493 e. The first-order valence-corrected chi connectivity index (χ1v) is 10.1. The lowest BCUT2D eigenvalue weighted by atomic mass is 9.99. The van der Waals surface area contributed by atoms with Gasteiger partial charge in [-0.3, -0.25) is 0 Å². The quantitative estimate of drug-likeness (QED) is 0.222. The van der Waals surface area contributed by atoms with Crippen molar-refractivity contribution in [1.82, 2.24) is 0 Å². The number of hydrogen-bond donors (Lipinski definition) is 0. The van der Waals surface area contributed by atoms with Crippen molar-refractivity contribution < 1.29 is 23.4 Å². The van der Waals surface area contributed by atoms with E-state index >= 15 is 0 Å². The number of hydrogen-bond acceptors (Lipinski definition) is 6. The smallest absolute Gasteiger partial charge is 0.345 e. The average Bonchev–Trinajstić information content (AvgIpc) is 2.79. The highest BCUT2D eigenvalue weighted by Gasteiger charge is 2.17. The van der Waals surface area contributed by atoms with E-state index in [-0.39, 0.29) is 11.3 Å². The molecule has 0 fully saturated rings. The zero-order valence-corrected chi connectivity index (χ0v) is 18.4. The lowest BCUT2D eigenvalue weighted by Gasteiger charge is -2.12. The van der Waals surface area contributed by atoms with Crippen LogP contribution < -0.4 is 19.8 Å².